The minimum atomic E-state index is 0. The Bertz CT molecular complexity index is 436. The molecule has 0 aromatic heterocycles. The third kappa shape index (κ3) is 3.90. The molecule has 18 heavy (non-hydrogen) atoms. The van der Waals surface area contributed by atoms with Crippen LogP contribution in [0.5, 0.6) is 0 Å². The monoisotopic (exact) mass is 308 g/mol. The average Bonchev–Trinajstić information content (AvgIpc) is 2.28. The molecule has 0 aliphatic carbocycles. The van der Waals surface area contributed by atoms with Crippen molar-refractivity contribution in [1.29, 1.82) is 0 Å². The summed E-state index contributed by atoms with van der Waals surface area (Å²) in [5.74, 6) is 2.75. The smallest absolute Gasteiger partial charge is 0.141 e. The molecule has 0 aliphatic rings. The van der Waals surface area contributed by atoms with Crippen LogP contribution in [0.2, 0.25) is 0 Å². The molecule has 0 saturated carbocycles. The topological polar surface area (TPSA) is 26.0 Å². The summed E-state index contributed by atoms with van der Waals surface area (Å²) in [7, 11) is 2.15. The van der Waals surface area contributed by atoms with Gasteiger partial charge in [-0.2, -0.15) is 0 Å². The Balaban J connectivity index is 0.00000289. The molecule has 2 N–H and O–H groups in total. The van der Waals surface area contributed by atoms with Gasteiger partial charge < -0.3 is 27.2 Å². The van der Waals surface area contributed by atoms with Crippen LogP contribution in [0.3, 0.4) is 0 Å². The van der Waals surface area contributed by atoms with E-state index < -0.39 is 0 Å². The Morgan fingerprint density at radius 1 is 1.56 bits per heavy atom. The zero-order valence-corrected chi connectivity index (χ0v) is 12.7. The molecule has 0 bridgehead atoms. The van der Waals surface area contributed by atoms with Crippen molar-refractivity contribution >= 4 is 5.69 Å². The number of likely N-dealkylation sites (N-methyl/N-ethyl adjacent to an activating group) is 1. The van der Waals surface area contributed by atoms with E-state index in [-0.39, 0.29) is 17.0 Å². The van der Waals surface area contributed by atoms with Crippen molar-refractivity contribution in [3.8, 4) is 12.3 Å². The number of rotatable bonds is 5. The molecule has 0 spiro atoms. The molecule has 1 aromatic rings. The maximum Gasteiger partial charge on any atom is 0.141 e. The summed E-state index contributed by atoms with van der Waals surface area (Å²) in [5.41, 5.74) is 7.82. The third-order valence-corrected chi connectivity index (χ3v) is 3.33. The van der Waals surface area contributed by atoms with Crippen molar-refractivity contribution in [2.45, 2.75) is 13.0 Å². The lowest BCUT2D eigenvalue weighted by atomic mass is 10.0. The molecule has 2 atom stereocenters. The van der Waals surface area contributed by atoms with Crippen LogP contribution in [0.1, 0.15) is 18.5 Å². The predicted molar refractivity (Wildman–Crippen MR) is 74.2 cm³/mol. The number of hydrogen-bond acceptors (Lipinski definition) is 1. The lowest BCUT2D eigenvalue weighted by Gasteiger charge is -2.38. The fourth-order valence-electron chi connectivity index (χ4n) is 2.04. The van der Waals surface area contributed by atoms with Crippen molar-refractivity contribution in [3.05, 3.63) is 42.5 Å². The van der Waals surface area contributed by atoms with E-state index in [4.69, 9.17) is 12.2 Å². The number of hydrogen-bond donors (Lipinski definition) is 1. The lowest BCUT2D eigenvalue weighted by Crippen LogP contribution is -3.00. The molecular weight excluding hydrogens is 288 g/mol. The van der Waals surface area contributed by atoms with Crippen molar-refractivity contribution < 1.29 is 21.5 Å². The summed E-state index contributed by atoms with van der Waals surface area (Å²) < 4.78 is 0.753. The van der Waals surface area contributed by atoms with Crippen LogP contribution in [0.15, 0.2) is 36.9 Å². The van der Waals surface area contributed by atoms with E-state index in [0.717, 1.165) is 16.7 Å². The maximum absolute atomic E-state index is 5.82. The highest BCUT2D eigenvalue weighted by atomic mass is 79.9. The molecule has 0 aliphatic heterocycles. The summed E-state index contributed by atoms with van der Waals surface area (Å²) in [6, 6.07) is 8.29. The molecule has 0 saturated heterocycles. The quantitative estimate of drug-likeness (QED) is 0.341. The molecule has 3 heteroatoms. The van der Waals surface area contributed by atoms with Gasteiger partial charge in [-0.05, 0) is 31.1 Å². The summed E-state index contributed by atoms with van der Waals surface area (Å²) in [6.45, 7) is 7.52. The van der Waals surface area contributed by atoms with Crippen LogP contribution >= 0.6 is 0 Å². The summed E-state index contributed by atoms with van der Waals surface area (Å²) in [6.07, 6.45) is 7.38. The average molecular weight is 309 g/mol. The first kappa shape index (κ1) is 16.8. The molecule has 2 unspecified atom stereocenters. The molecule has 1 rings (SSSR count). The number of nitrogens with zero attached hydrogens (tertiary/aromatic N) is 1. The third-order valence-electron chi connectivity index (χ3n) is 3.33. The summed E-state index contributed by atoms with van der Waals surface area (Å²) in [5, 5.41) is 0. The van der Waals surface area contributed by atoms with Crippen LogP contribution in [0.25, 0.3) is 0 Å². The van der Waals surface area contributed by atoms with Gasteiger partial charge in [0.15, 0.2) is 0 Å². The van der Waals surface area contributed by atoms with E-state index in [1.54, 1.807) is 0 Å². The van der Waals surface area contributed by atoms with Crippen LogP contribution < -0.4 is 22.7 Å². The number of benzene rings is 1. The van der Waals surface area contributed by atoms with E-state index in [1.165, 1.54) is 5.56 Å². The Hall–Kier alpha value is -1.24. The molecule has 2 nitrogen and oxygen atoms in total. The highest BCUT2D eigenvalue weighted by molar-refractivity contribution is 5.41. The number of halogens is 1. The van der Waals surface area contributed by atoms with Gasteiger partial charge >= 0.3 is 0 Å². The molecule has 1 aromatic carbocycles. The first-order valence-electron chi connectivity index (χ1n) is 5.77. The van der Waals surface area contributed by atoms with Gasteiger partial charge in [-0.15, -0.1) is 6.42 Å². The summed E-state index contributed by atoms with van der Waals surface area (Å²) >= 11 is 0. The van der Waals surface area contributed by atoms with Crippen LogP contribution in [0.4, 0.5) is 5.69 Å². The van der Waals surface area contributed by atoms with Gasteiger partial charge in [0.2, 0.25) is 0 Å². The van der Waals surface area contributed by atoms with Crippen molar-refractivity contribution in [3.63, 3.8) is 0 Å². The molecule has 0 radical (unpaired) electrons. The number of nitrogens with two attached hydrogens (primary N) is 1. The Labute approximate surface area is 121 Å². The molecule has 0 amide bonds. The molecule has 0 fully saturated rings. The van der Waals surface area contributed by atoms with Gasteiger partial charge in [-0.1, -0.05) is 18.7 Å². The van der Waals surface area contributed by atoms with Gasteiger partial charge in [0, 0.05) is 11.3 Å². The Kier molecular flexibility index (Phi) is 6.75. The second kappa shape index (κ2) is 7.25. The number of anilines is 1. The van der Waals surface area contributed by atoms with E-state index in [0.29, 0.717) is 12.6 Å². The highest BCUT2D eigenvalue weighted by Crippen LogP contribution is 2.27. The first-order valence-corrected chi connectivity index (χ1v) is 5.77. The van der Waals surface area contributed by atoms with E-state index >= 15 is 0 Å². The van der Waals surface area contributed by atoms with E-state index in [2.05, 4.69) is 32.5 Å². The largest absolute Gasteiger partial charge is 1.00 e. The Morgan fingerprint density at radius 2 is 2.22 bits per heavy atom. The normalized spacial score (nSPS) is 14.7. The van der Waals surface area contributed by atoms with E-state index in [1.807, 2.05) is 24.3 Å². The maximum atomic E-state index is 5.82. The Morgan fingerprint density at radius 3 is 2.72 bits per heavy atom. The zero-order chi connectivity index (χ0) is 12.9. The van der Waals surface area contributed by atoms with Crippen molar-refractivity contribution in [1.82, 2.24) is 0 Å². The van der Waals surface area contributed by atoms with Crippen LogP contribution in [-0.4, -0.2) is 24.6 Å². The van der Waals surface area contributed by atoms with Gasteiger partial charge in [0.1, 0.15) is 12.6 Å². The van der Waals surface area contributed by atoms with Crippen molar-refractivity contribution in [2.24, 2.45) is 0 Å². The summed E-state index contributed by atoms with van der Waals surface area (Å²) in [4.78, 5) is 0. The zero-order valence-electron chi connectivity index (χ0n) is 11.1. The number of quaternary nitrogens is 1. The second-order valence-corrected chi connectivity index (χ2v) is 4.66. The number of nitrogen functional groups attached to an aromatic ring is 1. The minimum Gasteiger partial charge on any atom is -1.00 e. The van der Waals surface area contributed by atoms with Crippen molar-refractivity contribution in [2.75, 3.05) is 25.9 Å². The van der Waals surface area contributed by atoms with Gasteiger partial charge in [0.05, 0.1) is 13.6 Å². The molecule has 98 valence electrons. The predicted octanol–water partition coefficient (Wildman–Crippen LogP) is -0.400. The SMILES string of the molecule is C#CC[N+](C)(CC=C)C(C)c1cccc(N)c1.[Br-]. The van der Waals surface area contributed by atoms with Gasteiger partial charge in [0.25, 0.3) is 0 Å². The van der Waals surface area contributed by atoms with Crippen LogP contribution in [0, 0.1) is 12.3 Å². The van der Waals surface area contributed by atoms with E-state index in [9.17, 15) is 0 Å². The van der Waals surface area contributed by atoms with Gasteiger partial charge in [-0.25, -0.2) is 0 Å². The van der Waals surface area contributed by atoms with Gasteiger partial charge in [-0.3, -0.25) is 0 Å². The minimum absolute atomic E-state index is 0. The first-order chi connectivity index (χ1) is 8.03. The molecular formula is C15H21BrN2. The fourth-order valence-corrected chi connectivity index (χ4v) is 2.04. The second-order valence-electron chi connectivity index (χ2n) is 4.66. The molecule has 0 heterocycles. The fraction of sp³-hybridized carbons (Fsp3) is 0.333. The number of terminal acetylenes is 1. The van der Waals surface area contributed by atoms with Crippen LogP contribution in [-0.2, 0) is 0 Å². The lowest BCUT2D eigenvalue weighted by molar-refractivity contribution is -0.925. The highest BCUT2D eigenvalue weighted by Gasteiger charge is 2.28. The standard InChI is InChI=1S/C15H21N2.BrH/c1-5-10-17(4,11-6-2)13(3)14-8-7-9-15(16)12-14;/h1,6-9,12-13H,2,10-11,16H2,3-4H3;1H/q+1;/p-1.